The fraction of sp³-hybridized carbons (Fsp3) is 0.500. The zero-order chi connectivity index (χ0) is 14.2. The number of hydrogen-bond acceptors (Lipinski definition) is 2. The van der Waals surface area contributed by atoms with Crippen molar-refractivity contribution in [2.45, 2.75) is 44.8 Å². The molecule has 0 spiro atoms. The van der Waals surface area contributed by atoms with Crippen LogP contribution in [0.4, 0.5) is 0 Å². The van der Waals surface area contributed by atoms with Crippen LogP contribution in [0.1, 0.15) is 38.3 Å². The SMILES string of the molecule is CC(C)N1C(=O)CCC(N)C1c1ccc(Cl)cc1Cl. The monoisotopic (exact) mass is 300 g/mol. The standard InChI is InChI=1S/C14H18Cl2N2O/c1-8(2)18-13(19)6-5-12(17)14(18)10-4-3-9(15)7-11(10)16/h3-4,7-8,12,14H,5-6,17H2,1-2H3. The molecule has 0 aliphatic carbocycles. The lowest BCUT2D eigenvalue weighted by atomic mass is 9.89. The zero-order valence-electron chi connectivity index (χ0n) is 11.1. The van der Waals surface area contributed by atoms with Gasteiger partial charge in [-0.3, -0.25) is 4.79 Å². The van der Waals surface area contributed by atoms with E-state index in [1.165, 1.54) is 0 Å². The molecule has 1 amide bonds. The molecule has 1 saturated heterocycles. The van der Waals surface area contributed by atoms with Crippen LogP contribution in [0.3, 0.4) is 0 Å². The van der Waals surface area contributed by atoms with Crippen molar-refractivity contribution < 1.29 is 4.79 Å². The summed E-state index contributed by atoms with van der Waals surface area (Å²) in [5.74, 6) is 0.132. The number of likely N-dealkylation sites (tertiary alicyclic amines) is 1. The van der Waals surface area contributed by atoms with Gasteiger partial charge >= 0.3 is 0 Å². The Morgan fingerprint density at radius 3 is 2.63 bits per heavy atom. The van der Waals surface area contributed by atoms with Gasteiger partial charge in [0.2, 0.25) is 5.91 Å². The van der Waals surface area contributed by atoms with Crippen LogP contribution < -0.4 is 5.73 Å². The van der Waals surface area contributed by atoms with E-state index in [1.807, 2.05) is 24.8 Å². The molecule has 0 radical (unpaired) electrons. The number of rotatable bonds is 2. The smallest absolute Gasteiger partial charge is 0.223 e. The second-order valence-corrected chi connectivity index (χ2v) is 6.05. The van der Waals surface area contributed by atoms with E-state index < -0.39 is 0 Å². The van der Waals surface area contributed by atoms with Crippen molar-refractivity contribution in [2.75, 3.05) is 0 Å². The third-order valence-corrected chi connectivity index (χ3v) is 4.08. The fourth-order valence-corrected chi connectivity index (χ4v) is 3.19. The number of piperidine rings is 1. The molecular formula is C14H18Cl2N2O. The first-order valence-electron chi connectivity index (χ1n) is 6.43. The maximum atomic E-state index is 12.1. The van der Waals surface area contributed by atoms with Crippen LogP contribution >= 0.6 is 23.2 Å². The first-order chi connectivity index (χ1) is 8.91. The molecule has 1 aromatic rings. The van der Waals surface area contributed by atoms with Gasteiger partial charge in [0.25, 0.3) is 0 Å². The molecule has 1 aliphatic heterocycles. The molecule has 19 heavy (non-hydrogen) atoms. The molecule has 1 fully saturated rings. The molecule has 2 atom stereocenters. The lowest BCUT2D eigenvalue weighted by Crippen LogP contribution is -2.51. The largest absolute Gasteiger partial charge is 0.332 e. The van der Waals surface area contributed by atoms with Gasteiger partial charge in [0.1, 0.15) is 0 Å². The second-order valence-electron chi connectivity index (χ2n) is 5.21. The summed E-state index contributed by atoms with van der Waals surface area (Å²) in [4.78, 5) is 14.0. The molecule has 3 nitrogen and oxygen atoms in total. The van der Waals surface area contributed by atoms with Gasteiger partial charge in [-0.15, -0.1) is 0 Å². The Morgan fingerprint density at radius 2 is 2.05 bits per heavy atom. The molecular weight excluding hydrogens is 283 g/mol. The zero-order valence-corrected chi connectivity index (χ0v) is 12.6. The molecule has 1 heterocycles. The summed E-state index contributed by atoms with van der Waals surface area (Å²) < 4.78 is 0. The van der Waals surface area contributed by atoms with E-state index in [2.05, 4.69) is 0 Å². The van der Waals surface area contributed by atoms with Crippen LogP contribution in [0.15, 0.2) is 18.2 Å². The normalized spacial score (nSPS) is 24.1. The van der Waals surface area contributed by atoms with Crippen LogP contribution in [0.25, 0.3) is 0 Å². The Hall–Kier alpha value is -0.770. The van der Waals surface area contributed by atoms with E-state index >= 15 is 0 Å². The number of nitrogens with two attached hydrogens (primary N) is 1. The number of carbonyl (C=O) groups excluding carboxylic acids is 1. The second kappa shape index (κ2) is 5.70. The minimum Gasteiger partial charge on any atom is -0.332 e. The van der Waals surface area contributed by atoms with Gasteiger partial charge in [0, 0.05) is 28.5 Å². The van der Waals surface area contributed by atoms with Crippen molar-refractivity contribution in [3.8, 4) is 0 Å². The van der Waals surface area contributed by atoms with Crippen LogP contribution in [-0.2, 0) is 4.79 Å². The van der Waals surface area contributed by atoms with Gasteiger partial charge in [0.15, 0.2) is 0 Å². The lowest BCUT2D eigenvalue weighted by Gasteiger charge is -2.42. The van der Waals surface area contributed by atoms with Crippen LogP contribution in [0.5, 0.6) is 0 Å². The highest BCUT2D eigenvalue weighted by Gasteiger charge is 2.37. The summed E-state index contributed by atoms with van der Waals surface area (Å²) >= 11 is 12.2. The van der Waals surface area contributed by atoms with Crippen molar-refractivity contribution in [3.63, 3.8) is 0 Å². The summed E-state index contributed by atoms with van der Waals surface area (Å²) in [6.07, 6.45) is 1.19. The Bertz CT molecular complexity index is 490. The van der Waals surface area contributed by atoms with Gasteiger partial charge in [-0.1, -0.05) is 29.3 Å². The van der Waals surface area contributed by atoms with Gasteiger partial charge < -0.3 is 10.6 Å². The lowest BCUT2D eigenvalue weighted by molar-refractivity contribution is -0.139. The number of carbonyl (C=O) groups is 1. The minimum atomic E-state index is -0.175. The first-order valence-corrected chi connectivity index (χ1v) is 7.19. The first kappa shape index (κ1) is 14.6. The number of halogens is 2. The molecule has 0 saturated carbocycles. The van der Waals surface area contributed by atoms with E-state index in [1.54, 1.807) is 12.1 Å². The summed E-state index contributed by atoms with van der Waals surface area (Å²) in [5, 5.41) is 1.15. The molecule has 2 unspecified atom stereocenters. The summed E-state index contributed by atoms with van der Waals surface area (Å²) in [5.41, 5.74) is 7.10. The highest BCUT2D eigenvalue weighted by atomic mass is 35.5. The highest BCUT2D eigenvalue weighted by Crippen LogP contribution is 2.37. The Morgan fingerprint density at radius 1 is 1.37 bits per heavy atom. The molecule has 0 aromatic heterocycles. The quantitative estimate of drug-likeness (QED) is 0.910. The maximum Gasteiger partial charge on any atom is 0.223 e. The highest BCUT2D eigenvalue weighted by molar-refractivity contribution is 6.35. The van der Waals surface area contributed by atoms with Crippen LogP contribution in [-0.4, -0.2) is 22.9 Å². The number of hydrogen-bond donors (Lipinski definition) is 1. The Labute approximate surface area is 123 Å². The Balaban J connectivity index is 2.45. The molecule has 0 bridgehead atoms. The predicted molar refractivity (Wildman–Crippen MR) is 78.4 cm³/mol. The van der Waals surface area contributed by atoms with Crippen LogP contribution in [0, 0.1) is 0 Å². The van der Waals surface area contributed by atoms with E-state index in [-0.39, 0.29) is 24.0 Å². The Kier molecular flexibility index (Phi) is 4.39. The number of amides is 1. The molecule has 1 aliphatic rings. The van der Waals surface area contributed by atoms with E-state index in [0.29, 0.717) is 22.9 Å². The average molecular weight is 301 g/mol. The molecule has 1 aromatic carbocycles. The fourth-order valence-electron chi connectivity index (χ4n) is 2.67. The van der Waals surface area contributed by atoms with Gasteiger partial charge in [-0.05, 0) is 38.0 Å². The van der Waals surface area contributed by atoms with E-state index in [0.717, 1.165) is 5.56 Å². The summed E-state index contributed by atoms with van der Waals surface area (Å²) in [6.45, 7) is 3.99. The van der Waals surface area contributed by atoms with E-state index in [4.69, 9.17) is 28.9 Å². The molecule has 2 N–H and O–H groups in total. The number of nitrogens with zero attached hydrogens (tertiary/aromatic N) is 1. The van der Waals surface area contributed by atoms with Gasteiger partial charge in [0.05, 0.1) is 6.04 Å². The number of benzene rings is 1. The van der Waals surface area contributed by atoms with Crippen molar-refractivity contribution >= 4 is 29.1 Å². The topological polar surface area (TPSA) is 46.3 Å². The molecule has 5 heteroatoms. The molecule has 2 rings (SSSR count). The average Bonchev–Trinajstić information content (AvgIpc) is 2.32. The third-order valence-electron chi connectivity index (χ3n) is 3.52. The molecule has 104 valence electrons. The van der Waals surface area contributed by atoms with Crippen molar-refractivity contribution in [1.82, 2.24) is 4.90 Å². The predicted octanol–water partition coefficient (Wildman–Crippen LogP) is 3.39. The van der Waals surface area contributed by atoms with Crippen LogP contribution in [0.2, 0.25) is 10.0 Å². The minimum absolute atomic E-state index is 0.0931. The summed E-state index contributed by atoms with van der Waals surface area (Å²) in [7, 11) is 0. The van der Waals surface area contributed by atoms with Gasteiger partial charge in [-0.25, -0.2) is 0 Å². The summed E-state index contributed by atoms with van der Waals surface area (Å²) in [6, 6.07) is 5.17. The van der Waals surface area contributed by atoms with Crippen molar-refractivity contribution in [1.29, 1.82) is 0 Å². The van der Waals surface area contributed by atoms with Gasteiger partial charge in [-0.2, -0.15) is 0 Å². The third kappa shape index (κ3) is 2.88. The van der Waals surface area contributed by atoms with Crippen molar-refractivity contribution in [2.24, 2.45) is 5.73 Å². The van der Waals surface area contributed by atoms with Crippen molar-refractivity contribution in [3.05, 3.63) is 33.8 Å². The van der Waals surface area contributed by atoms with E-state index in [9.17, 15) is 4.79 Å². The maximum absolute atomic E-state index is 12.1.